The van der Waals surface area contributed by atoms with Crippen molar-refractivity contribution in [2.24, 2.45) is 20.0 Å². The zero-order valence-electron chi connectivity index (χ0n) is 11.5. The van der Waals surface area contributed by atoms with Gasteiger partial charge in [-0.15, -0.1) is 11.6 Å². The van der Waals surface area contributed by atoms with E-state index in [2.05, 4.69) is 4.98 Å². The molecule has 0 bridgehead atoms. The van der Waals surface area contributed by atoms with Crippen molar-refractivity contribution in [3.05, 3.63) is 26.7 Å². The maximum atomic E-state index is 12.2. The Bertz CT molecular complexity index is 739. The molecule has 0 spiro atoms. The van der Waals surface area contributed by atoms with E-state index in [0.717, 1.165) is 4.57 Å². The van der Waals surface area contributed by atoms with Gasteiger partial charge in [-0.3, -0.25) is 13.9 Å². The summed E-state index contributed by atoms with van der Waals surface area (Å²) in [5, 5.41) is 0. The number of hydrogen-bond donors (Lipinski definition) is 0. The maximum absolute atomic E-state index is 12.2. The summed E-state index contributed by atoms with van der Waals surface area (Å²) in [6, 6.07) is 0. The SMILES string of the molecule is CC(C)Cn1c(=O)n(C)c(=O)c2c1nc(CCl)n2C. The first-order valence-corrected chi connectivity index (χ1v) is 6.63. The van der Waals surface area contributed by atoms with Crippen LogP contribution in [0.1, 0.15) is 19.7 Å². The summed E-state index contributed by atoms with van der Waals surface area (Å²) in [4.78, 5) is 28.7. The first kappa shape index (κ1) is 13.9. The first-order chi connectivity index (χ1) is 8.88. The Kier molecular flexibility index (Phi) is 3.54. The minimum atomic E-state index is -0.342. The Hall–Kier alpha value is -1.56. The molecule has 7 heteroatoms. The van der Waals surface area contributed by atoms with Crippen molar-refractivity contribution in [2.45, 2.75) is 26.3 Å². The van der Waals surface area contributed by atoms with Gasteiger partial charge in [0, 0.05) is 20.6 Å². The Morgan fingerprint density at radius 3 is 2.37 bits per heavy atom. The van der Waals surface area contributed by atoms with Gasteiger partial charge in [-0.25, -0.2) is 9.78 Å². The lowest BCUT2D eigenvalue weighted by molar-refractivity contribution is 0.500. The topological polar surface area (TPSA) is 61.8 Å². The number of fused-ring (bicyclic) bond motifs is 1. The molecule has 2 aromatic rings. The van der Waals surface area contributed by atoms with Crippen molar-refractivity contribution in [3.63, 3.8) is 0 Å². The summed E-state index contributed by atoms with van der Waals surface area (Å²) >= 11 is 5.81. The van der Waals surface area contributed by atoms with Crippen LogP contribution < -0.4 is 11.2 Å². The third kappa shape index (κ3) is 2.10. The van der Waals surface area contributed by atoms with Crippen LogP contribution in [0, 0.1) is 5.92 Å². The van der Waals surface area contributed by atoms with Crippen molar-refractivity contribution >= 4 is 22.8 Å². The van der Waals surface area contributed by atoms with E-state index in [1.165, 1.54) is 11.6 Å². The second-order valence-corrected chi connectivity index (χ2v) is 5.31. The Balaban J connectivity index is 2.95. The Morgan fingerprint density at radius 2 is 1.84 bits per heavy atom. The van der Waals surface area contributed by atoms with E-state index >= 15 is 0 Å². The molecule has 0 fully saturated rings. The number of nitrogens with zero attached hydrogens (tertiary/aromatic N) is 4. The number of rotatable bonds is 3. The molecule has 2 rings (SSSR count). The van der Waals surface area contributed by atoms with Gasteiger partial charge < -0.3 is 4.57 Å². The molecule has 0 saturated heterocycles. The molecule has 0 radical (unpaired) electrons. The van der Waals surface area contributed by atoms with Gasteiger partial charge in [0.05, 0.1) is 5.88 Å². The van der Waals surface area contributed by atoms with Gasteiger partial charge in [0.15, 0.2) is 11.2 Å². The smallest absolute Gasteiger partial charge is 0.324 e. The van der Waals surface area contributed by atoms with Crippen molar-refractivity contribution in [1.29, 1.82) is 0 Å². The second kappa shape index (κ2) is 4.85. The van der Waals surface area contributed by atoms with E-state index in [9.17, 15) is 9.59 Å². The predicted molar refractivity (Wildman–Crippen MR) is 74.6 cm³/mol. The summed E-state index contributed by atoms with van der Waals surface area (Å²) in [6.07, 6.45) is 0. The lowest BCUT2D eigenvalue weighted by Crippen LogP contribution is -2.39. The van der Waals surface area contributed by atoms with Crippen LogP contribution in [0.4, 0.5) is 0 Å². The molecule has 0 aliphatic rings. The molecular weight excluding hydrogens is 268 g/mol. The summed E-state index contributed by atoms with van der Waals surface area (Å²) in [5.41, 5.74) is 0.148. The van der Waals surface area contributed by atoms with Crippen molar-refractivity contribution in [2.75, 3.05) is 0 Å². The normalized spacial score (nSPS) is 11.7. The maximum Gasteiger partial charge on any atom is 0.332 e. The average molecular weight is 285 g/mol. The molecule has 19 heavy (non-hydrogen) atoms. The van der Waals surface area contributed by atoms with Gasteiger partial charge in [0.2, 0.25) is 0 Å². The van der Waals surface area contributed by atoms with Gasteiger partial charge in [-0.05, 0) is 5.92 Å². The highest BCUT2D eigenvalue weighted by molar-refractivity contribution is 6.16. The van der Waals surface area contributed by atoms with Crippen LogP contribution in [-0.2, 0) is 26.5 Å². The number of imidazole rings is 1. The molecule has 0 aromatic carbocycles. The highest BCUT2D eigenvalue weighted by atomic mass is 35.5. The fourth-order valence-corrected chi connectivity index (χ4v) is 2.36. The van der Waals surface area contributed by atoms with E-state index in [-0.39, 0.29) is 23.0 Å². The lowest BCUT2D eigenvalue weighted by Gasteiger charge is -2.11. The fourth-order valence-electron chi connectivity index (χ4n) is 2.12. The monoisotopic (exact) mass is 284 g/mol. The lowest BCUT2D eigenvalue weighted by atomic mass is 10.2. The molecule has 0 unspecified atom stereocenters. The minimum Gasteiger partial charge on any atom is -0.324 e. The van der Waals surface area contributed by atoms with Crippen LogP contribution in [0.15, 0.2) is 9.59 Å². The van der Waals surface area contributed by atoms with Crippen molar-refractivity contribution in [1.82, 2.24) is 18.7 Å². The molecule has 0 amide bonds. The van der Waals surface area contributed by atoms with Crippen LogP contribution in [0.25, 0.3) is 11.2 Å². The van der Waals surface area contributed by atoms with Crippen LogP contribution in [0.3, 0.4) is 0 Å². The third-order valence-corrected chi connectivity index (χ3v) is 3.36. The largest absolute Gasteiger partial charge is 0.332 e. The zero-order valence-corrected chi connectivity index (χ0v) is 12.2. The van der Waals surface area contributed by atoms with Crippen LogP contribution >= 0.6 is 11.6 Å². The molecule has 0 aliphatic heterocycles. The Labute approximate surface area is 115 Å². The summed E-state index contributed by atoms with van der Waals surface area (Å²) in [5.74, 6) is 1.06. The second-order valence-electron chi connectivity index (χ2n) is 5.04. The molecule has 104 valence electrons. The summed E-state index contributed by atoms with van der Waals surface area (Å²) < 4.78 is 4.31. The fraction of sp³-hybridized carbons (Fsp3) is 0.583. The van der Waals surface area contributed by atoms with Gasteiger partial charge in [-0.1, -0.05) is 13.8 Å². The van der Waals surface area contributed by atoms with Crippen LogP contribution in [0.2, 0.25) is 0 Å². The van der Waals surface area contributed by atoms with E-state index in [0.29, 0.717) is 23.5 Å². The third-order valence-electron chi connectivity index (χ3n) is 3.12. The van der Waals surface area contributed by atoms with E-state index in [1.54, 1.807) is 11.6 Å². The van der Waals surface area contributed by atoms with Crippen molar-refractivity contribution < 1.29 is 0 Å². The van der Waals surface area contributed by atoms with Gasteiger partial charge in [-0.2, -0.15) is 0 Å². The molecule has 2 aromatic heterocycles. The van der Waals surface area contributed by atoms with E-state index in [1.807, 2.05) is 13.8 Å². The first-order valence-electron chi connectivity index (χ1n) is 6.09. The minimum absolute atomic E-state index is 0.199. The number of alkyl halides is 1. The molecule has 6 nitrogen and oxygen atoms in total. The van der Waals surface area contributed by atoms with E-state index < -0.39 is 0 Å². The van der Waals surface area contributed by atoms with Gasteiger partial charge in [0.25, 0.3) is 5.56 Å². The van der Waals surface area contributed by atoms with Gasteiger partial charge >= 0.3 is 5.69 Å². The molecule has 0 saturated carbocycles. The summed E-state index contributed by atoms with van der Waals surface area (Å²) in [7, 11) is 3.22. The number of hydrogen-bond acceptors (Lipinski definition) is 3. The zero-order chi connectivity index (χ0) is 14.3. The van der Waals surface area contributed by atoms with Crippen LogP contribution in [-0.4, -0.2) is 18.7 Å². The average Bonchev–Trinajstić information content (AvgIpc) is 2.69. The number of aromatic nitrogens is 4. The van der Waals surface area contributed by atoms with E-state index in [4.69, 9.17) is 11.6 Å². The highest BCUT2D eigenvalue weighted by Crippen LogP contribution is 2.12. The standard InChI is InChI=1S/C12H17ClN4O2/c1-7(2)6-17-10-9(11(18)16(4)12(17)19)15(3)8(5-13)14-10/h7H,5-6H2,1-4H3. The molecule has 2 heterocycles. The predicted octanol–water partition coefficient (Wildman–Crippen LogP) is 0.828. The molecule has 0 atom stereocenters. The Morgan fingerprint density at radius 1 is 1.21 bits per heavy atom. The van der Waals surface area contributed by atoms with Gasteiger partial charge in [0.1, 0.15) is 5.82 Å². The van der Waals surface area contributed by atoms with Crippen LogP contribution in [0.5, 0.6) is 0 Å². The quantitative estimate of drug-likeness (QED) is 0.784. The molecule has 0 aliphatic carbocycles. The number of halogens is 1. The molecule has 0 N–H and O–H groups in total. The molecular formula is C12H17ClN4O2. The number of aryl methyl sites for hydroxylation is 1. The highest BCUT2D eigenvalue weighted by Gasteiger charge is 2.18. The summed E-state index contributed by atoms with van der Waals surface area (Å²) in [6.45, 7) is 4.53. The van der Waals surface area contributed by atoms with Crippen molar-refractivity contribution in [3.8, 4) is 0 Å².